The van der Waals surface area contributed by atoms with Crippen LogP contribution in [-0.4, -0.2) is 42.1 Å². The number of alkyl carbamates (subject to hydrolysis) is 1. The second-order valence-corrected chi connectivity index (χ2v) is 9.68. The van der Waals surface area contributed by atoms with Gasteiger partial charge in [0.05, 0.1) is 0 Å². The minimum absolute atomic E-state index is 0.0820. The number of carbonyl (C=O) groups is 3. The average Bonchev–Trinajstić information content (AvgIpc) is 2.67. The van der Waals surface area contributed by atoms with Crippen LogP contribution >= 0.6 is 0 Å². The quantitative estimate of drug-likeness (QED) is 0.476. The molecule has 1 rings (SSSR count). The molecule has 1 aromatic carbocycles. The van der Waals surface area contributed by atoms with Crippen molar-refractivity contribution >= 4 is 24.0 Å². The lowest BCUT2D eigenvalue weighted by atomic mass is 10.0. The highest BCUT2D eigenvalue weighted by Gasteiger charge is 2.27. The van der Waals surface area contributed by atoms with Crippen molar-refractivity contribution in [1.29, 1.82) is 0 Å². The molecule has 178 valence electrons. The number of rotatable bonds is 10. The minimum atomic E-state index is -0.722. The van der Waals surface area contributed by atoms with Gasteiger partial charge in [0.1, 0.15) is 11.6 Å². The van der Waals surface area contributed by atoms with E-state index in [4.69, 9.17) is 4.74 Å². The van der Waals surface area contributed by atoms with Gasteiger partial charge in [0.2, 0.25) is 11.8 Å². The summed E-state index contributed by atoms with van der Waals surface area (Å²) in [6.07, 6.45) is 3.06. The first-order valence-electron chi connectivity index (χ1n) is 11.2. The standard InChI is InChI=1S/C25H39N3O4/c1-17(2)15-20(28-24(31)32-25(5,6)7)23(30)27-21(18(3)4)16-26-22(29)14-13-19-11-9-8-10-12-19/h8-14,17-18,20-21H,15-16H2,1-7H3,(H,26,29)(H,27,30)(H,28,31)/b14-13+/t20?,21-/m1/s1. The van der Waals surface area contributed by atoms with E-state index in [1.54, 1.807) is 26.8 Å². The number of hydrogen-bond acceptors (Lipinski definition) is 4. The molecule has 32 heavy (non-hydrogen) atoms. The zero-order chi connectivity index (χ0) is 24.3. The predicted octanol–water partition coefficient (Wildman–Crippen LogP) is 3.90. The summed E-state index contributed by atoms with van der Waals surface area (Å²) >= 11 is 0. The van der Waals surface area contributed by atoms with Crippen LogP contribution < -0.4 is 16.0 Å². The van der Waals surface area contributed by atoms with Crippen molar-refractivity contribution in [3.05, 3.63) is 42.0 Å². The van der Waals surface area contributed by atoms with E-state index in [9.17, 15) is 14.4 Å². The van der Waals surface area contributed by atoms with E-state index in [0.29, 0.717) is 6.42 Å². The van der Waals surface area contributed by atoms with Crippen LogP contribution in [0.1, 0.15) is 60.5 Å². The largest absolute Gasteiger partial charge is 0.444 e. The number of hydrogen-bond donors (Lipinski definition) is 3. The van der Waals surface area contributed by atoms with Crippen LogP contribution in [0.2, 0.25) is 0 Å². The summed E-state index contributed by atoms with van der Waals surface area (Å²) in [5.41, 5.74) is 0.280. The third-order valence-corrected chi connectivity index (χ3v) is 4.57. The van der Waals surface area contributed by atoms with Gasteiger partial charge in [-0.05, 0) is 50.7 Å². The molecular formula is C25H39N3O4. The molecule has 0 heterocycles. The number of ether oxygens (including phenoxy) is 1. The molecule has 0 aliphatic heterocycles. The maximum absolute atomic E-state index is 12.9. The first kappa shape index (κ1) is 27.2. The van der Waals surface area contributed by atoms with Crippen molar-refractivity contribution in [2.24, 2.45) is 11.8 Å². The molecule has 3 N–H and O–H groups in total. The molecule has 0 aliphatic rings. The third-order valence-electron chi connectivity index (χ3n) is 4.57. The fraction of sp³-hybridized carbons (Fsp3) is 0.560. The zero-order valence-corrected chi connectivity index (χ0v) is 20.4. The Bertz CT molecular complexity index is 767. The Labute approximate surface area is 192 Å². The van der Waals surface area contributed by atoms with Crippen LogP contribution in [0.25, 0.3) is 6.08 Å². The molecular weight excluding hydrogens is 406 g/mol. The van der Waals surface area contributed by atoms with Gasteiger partial charge in [-0.25, -0.2) is 4.79 Å². The van der Waals surface area contributed by atoms with E-state index in [1.165, 1.54) is 6.08 Å². The maximum atomic E-state index is 12.9. The van der Waals surface area contributed by atoms with Gasteiger partial charge in [0, 0.05) is 18.7 Å². The first-order chi connectivity index (χ1) is 14.9. The Kier molecular flexibility index (Phi) is 11.0. The van der Waals surface area contributed by atoms with Gasteiger partial charge in [-0.2, -0.15) is 0 Å². The molecule has 0 aromatic heterocycles. The summed E-state index contributed by atoms with van der Waals surface area (Å²) in [5.74, 6) is -0.253. The molecule has 0 fully saturated rings. The number of amides is 3. The van der Waals surface area contributed by atoms with E-state index in [2.05, 4.69) is 16.0 Å². The van der Waals surface area contributed by atoms with Crippen LogP contribution in [0.15, 0.2) is 36.4 Å². The van der Waals surface area contributed by atoms with Crippen molar-refractivity contribution in [1.82, 2.24) is 16.0 Å². The Balaban J connectivity index is 2.71. The smallest absolute Gasteiger partial charge is 0.408 e. The summed E-state index contributed by atoms with van der Waals surface area (Å²) in [7, 11) is 0. The van der Waals surface area contributed by atoms with Gasteiger partial charge in [0.25, 0.3) is 0 Å². The van der Waals surface area contributed by atoms with Crippen LogP contribution in [0.3, 0.4) is 0 Å². The van der Waals surface area contributed by atoms with Crippen LogP contribution in [0.5, 0.6) is 0 Å². The number of carbonyl (C=O) groups excluding carboxylic acids is 3. The Hall–Kier alpha value is -2.83. The second kappa shape index (κ2) is 12.9. The van der Waals surface area contributed by atoms with E-state index in [1.807, 2.05) is 58.0 Å². The molecule has 0 aliphatic carbocycles. The molecule has 0 saturated heterocycles. The van der Waals surface area contributed by atoms with Gasteiger partial charge in [-0.15, -0.1) is 0 Å². The van der Waals surface area contributed by atoms with Crippen LogP contribution in [-0.2, 0) is 14.3 Å². The molecule has 7 nitrogen and oxygen atoms in total. The highest BCUT2D eigenvalue weighted by Crippen LogP contribution is 2.11. The van der Waals surface area contributed by atoms with Crippen molar-refractivity contribution < 1.29 is 19.1 Å². The topological polar surface area (TPSA) is 96.5 Å². The molecule has 0 saturated carbocycles. The van der Waals surface area contributed by atoms with Crippen LogP contribution in [0.4, 0.5) is 4.79 Å². The van der Waals surface area contributed by atoms with Crippen molar-refractivity contribution in [3.63, 3.8) is 0 Å². The molecule has 3 amide bonds. The molecule has 2 atom stereocenters. The minimum Gasteiger partial charge on any atom is -0.444 e. The summed E-state index contributed by atoms with van der Waals surface area (Å²) in [5, 5.41) is 8.49. The van der Waals surface area contributed by atoms with E-state index < -0.39 is 17.7 Å². The highest BCUT2D eigenvalue weighted by molar-refractivity contribution is 5.91. The van der Waals surface area contributed by atoms with E-state index in [0.717, 1.165) is 5.56 Å². The lowest BCUT2D eigenvalue weighted by molar-refractivity contribution is -0.125. The van der Waals surface area contributed by atoms with Gasteiger partial charge < -0.3 is 20.7 Å². The Morgan fingerprint density at radius 2 is 1.62 bits per heavy atom. The maximum Gasteiger partial charge on any atom is 0.408 e. The first-order valence-corrected chi connectivity index (χ1v) is 11.2. The zero-order valence-electron chi connectivity index (χ0n) is 20.4. The molecule has 0 spiro atoms. The number of benzene rings is 1. The van der Waals surface area contributed by atoms with Crippen LogP contribution in [0, 0.1) is 11.8 Å². The molecule has 0 radical (unpaired) electrons. The summed E-state index contributed by atoms with van der Waals surface area (Å²) in [6, 6.07) is 8.53. The highest BCUT2D eigenvalue weighted by atomic mass is 16.6. The van der Waals surface area contributed by atoms with Gasteiger partial charge in [-0.3, -0.25) is 9.59 Å². The third kappa shape index (κ3) is 11.5. The molecule has 1 unspecified atom stereocenters. The fourth-order valence-corrected chi connectivity index (χ4v) is 2.89. The van der Waals surface area contributed by atoms with Gasteiger partial charge in [0.15, 0.2) is 0 Å². The molecule has 7 heteroatoms. The Morgan fingerprint density at radius 1 is 1.00 bits per heavy atom. The van der Waals surface area contributed by atoms with Crippen molar-refractivity contribution in [2.45, 2.75) is 72.6 Å². The van der Waals surface area contributed by atoms with E-state index >= 15 is 0 Å². The van der Waals surface area contributed by atoms with Gasteiger partial charge in [-0.1, -0.05) is 58.0 Å². The second-order valence-electron chi connectivity index (χ2n) is 9.68. The molecule has 1 aromatic rings. The predicted molar refractivity (Wildman–Crippen MR) is 128 cm³/mol. The van der Waals surface area contributed by atoms with E-state index in [-0.39, 0.29) is 36.2 Å². The van der Waals surface area contributed by atoms with Gasteiger partial charge >= 0.3 is 6.09 Å². The lowest BCUT2D eigenvalue weighted by Gasteiger charge is -2.27. The fourth-order valence-electron chi connectivity index (χ4n) is 2.89. The summed E-state index contributed by atoms with van der Waals surface area (Å²) in [4.78, 5) is 37.3. The normalized spacial score (nSPS) is 13.7. The SMILES string of the molecule is CC(C)CC(NC(=O)OC(C)(C)C)C(=O)N[C@H](CNC(=O)/C=C/c1ccccc1)C(C)C. The monoisotopic (exact) mass is 445 g/mol. The molecule has 0 bridgehead atoms. The summed E-state index contributed by atoms with van der Waals surface area (Å²) in [6.45, 7) is 13.5. The van der Waals surface area contributed by atoms with Crippen molar-refractivity contribution in [2.75, 3.05) is 6.54 Å². The summed E-state index contributed by atoms with van der Waals surface area (Å²) < 4.78 is 5.30. The average molecular weight is 446 g/mol. The Morgan fingerprint density at radius 3 is 2.16 bits per heavy atom. The lowest BCUT2D eigenvalue weighted by Crippen LogP contribution is -2.54. The van der Waals surface area contributed by atoms with Crippen molar-refractivity contribution in [3.8, 4) is 0 Å². The number of nitrogens with one attached hydrogen (secondary N) is 3.